The minimum absolute atomic E-state index is 0.345. The summed E-state index contributed by atoms with van der Waals surface area (Å²) in [6, 6.07) is 11.7. The van der Waals surface area contributed by atoms with Crippen LogP contribution >= 0.6 is 0 Å². The van der Waals surface area contributed by atoms with Gasteiger partial charge in [0.15, 0.2) is 5.69 Å². The summed E-state index contributed by atoms with van der Waals surface area (Å²) < 4.78 is 1.70. The molecule has 0 unspecified atom stereocenters. The summed E-state index contributed by atoms with van der Waals surface area (Å²) in [6.45, 7) is 6.34. The van der Waals surface area contributed by atoms with Crippen LogP contribution in [0.15, 0.2) is 42.5 Å². The Morgan fingerprint density at radius 3 is 2.71 bits per heavy atom. The monoisotopic (exact) mass is 224 g/mol. The van der Waals surface area contributed by atoms with Crippen LogP contribution in [0.5, 0.6) is 0 Å². The van der Waals surface area contributed by atoms with Crippen molar-refractivity contribution in [3.63, 3.8) is 0 Å². The third-order valence-corrected chi connectivity index (χ3v) is 2.31. The van der Waals surface area contributed by atoms with E-state index in [0.29, 0.717) is 12.2 Å². The van der Waals surface area contributed by atoms with E-state index in [1.165, 1.54) is 0 Å². The van der Waals surface area contributed by atoms with Gasteiger partial charge in [0.05, 0.1) is 6.54 Å². The number of hydrogen-bond acceptors (Lipinski definition) is 3. The minimum Gasteiger partial charge on any atom is -0.239 e. The van der Waals surface area contributed by atoms with Gasteiger partial charge in [-0.15, -0.1) is 5.10 Å². The second kappa shape index (κ2) is 4.62. The first kappa shape index (κ1) is 11.1. The molecule has 0 atom stereocenters. The Hall–Kier alpha value is -2.41. The lowest BCUT2D eigenvalue weighted by Gasteiger charge is -2.05. The molecule has 1 aromatic carbocycles. The maximum Gasteiger partial charge on any atom is 0.190 e. The van der Waals surface area contributed by atoms with Gasteiger partial charge in [-0.05, 0) is 6.92 Å². The molecule has 1 heterocycles. The second-order valence-electron chi connectivity index (χ2n) is 3.88. The molecule has 0 aliphatic heterocycles. The van der Waals surface area contributed by atoms with Crippen LogP contribution < -0.4 is 0 Å². The van der Waals surface area contributed by atoms with Gasteiger partial charge in [0.1, 0.15) is 11.8 Å². The fraction of sp³-hybridized carbons (Fsp3) is 0.154. The van der Waals surface area contributed by atoms with Crippen molar-refractivity contribution in [3.05, 3.63) is 48.2 Å². The lowest BCUT2D eigenvalue weighted by atomic mass is 10.1. The van der Waals surface area contributed by atoms with E-state index in [1.807, 2.05) is 37.3 Å². The number of nitrogens with zero attached hydrogens (tertiary/aromatic N) is 4. The Morgan fingerprint density at radius 1 is 1.41 bits per heavy atom. The fourth-order valence-corrected chi connectivity index (χ4v) is 1.64. The predicted octanol–water partition coefficient (Wildman–Crippen LogP) is 2.39. The van der Waals surface area contributed by atoms with Crippen LogP contribution in [-0.2, 0) is 6.54 Å². The molecule has 2 rings (SSSR count). The van der Waals surface area contributed by atoms with Gasteiger partial charge in [0.2, 0.25) is 0 Å². The van der Waals surface area contributed by atoms with Gasteiger partial charge in [0.25, 0.3) is 0 Å². The number of allylic oxidation sites excluding steroid dienone is 1. The Bertz CT molecular complexity index is 575. The Morgan fingerprint density at radius 2 is 2.12 bits per heavy atom. The highest BCUT2D eigenvalue weighted by Gasteiger charge is 2.14. The molecule has 4 nitrogen and oxygen atoms in total. The highest BCUT2D eigenvalue weighted by molar-refractivity contribution is 5.64. The van der Waals surface area contributed by atoms with Crippen molar-refractivity contribution in [2.45, 2.75) is 13.5 Å². The van der Waals surface area contributed by atoms with Crippen molar-refractivity contribution in [1.29, 1.82) is 5.26 Å². The normalized spacial score (nSPS) is 9.88. The van der Waals surface area contributed by atoms with E-state index < -0.39 is 0 Å². The first-order chi connectivity index (χ1) is 8.22. The topological polar surface area (TPSA) is 54.5 Å². The number of benzene rings is 1. The molecule has 84 valence electrons. The highest BCUT2D eigenvalue weighted by Crippen LogP contribution is 2.21. The molecule has 0 radical (unpaired) electrons. The molecule has 0 saturated heterocycles. The Labute approximate surface area is 99.8 Å². The van der Waals surface area contributed by atoms with Gasteiger partial charge in [-0.1, -0.05) is 47.7 Å². The van der Waals surface area contributed by atoms with Crippen LogP contribution in [0, 0.1) is 11.3 Å². The van der Waals surface area contributed by atoms with Crippen LogP contribution in [0.3, 0.4) is 0 Å². The number of hydrogen-bond donors (Lipinski definition) is 0. The molecular weight excluding hydrogens is 212 g/mol. The molecule has 0 aliphatic carbocycles. The smallest absolute Gasteiger partial charge is 0.190 e. The van der Waals surface area contributed by atoms with E-state index in [-0.39, 0.29) is 0 Å². The minimum atomic E-state index is 0.345. The highest BCUT2D eigenvalue weighted by atomic mass is 15.4. The van der Waals surface area contributed by atoms with Crippen LogP contribution in [-0.4, -0.2) is 15.0 Å². The molecule has 4 heteroatoms. The number of aromatic nitrogens is 3. The first-order valence-corrected chi connectivity index (χ1v) is 5.25. The molecule has 0 bridgehead atoms. The van der Waals surface area contributed by atoms with Crippen molar-refractivity contribution in [2.24, 2.45) is 0 Å². The van der Waals surface area contributed by atoms with Crippen LogP contribution in [0.4, 0.5) is 0 Å². The molecule has 0 fully saturated rings. The zero-order valence-electron chi connectivity index (χ0n) is 9.59. The average molecular weight is 224 g/mol. The molecule has 0 saturated carbocycles. The maximum absolute atomic E-state index is 9.04. The summed E-state index contributed by atoms with van der Waals surface area (Å²) in [5, 5.41) is 16.9. The summed E-state index contributed by atoms with van der Waals surface area (Å²) in [4.78, 5) is 0. The average Bonchev–Trinajstić information content (AvgIpc) is 2.72. The third kappa shape index (κ3) is 2.23. The SMILES string of the molecule is C=C(C)Cn1nnc(C#N)c1-c1ccccc1. The molecule has 0 aliphatic rings. The standard InChI is InChI=1S/C13H12N4/c1-10(2)9-17-13(12(8-14)15-16-17)11-6-4-3-5-7-11/h3-7H,1,9H2,2H3. The zero-order valence-corrected chi connectivity index (χ0v) is 9.59. The Kier molecular flexibility index (Phi) is 3.01. The number of rotatable bonds is 3. The van der Waals surface area contributed by atoms with Crippen LogP contribution in [0.1, 0.15) is 12.6 Å². The molecule has 0 N–H and O–H groups in total. The summed E-state index contributed by atoms with van der Waals surface area (Å²) in [5.74, 6) is 0. The second-order valence-corrected chi connectivity index (χ2v) is 3.88. The van der Waals surface area contributed by atoms with Gasteiger partial charge >= 0.3 is 0 Å². The van der Waals surface area contributed by atoms with E-state index >= 15 is 0 Å². The summed E-state index contributed by atoms with van der Waals surface area (Å²) in [5.41, 5.74) is 3.00. The molecule has 1 aromatic heterocycles. The van der Waals surface area contributed by atoms with Crippen molar-refractivity contribution in [3.8, 4) is 17.3 Å². The molecule has 0 amide bonds. The maximum atomic E-state index is 9.04. The summed E-state index contributed by atoms with van der Waals surface area (Å²) >= 11 is 0. The zero-order chi connectivity index (χ0) is 12.3. The van der Waals surface area contributed by atoms with Gasteiger partial charge in [0, 0.05) is 5.56 Å². The van der Waals surface area contributed by atoms with Crippen molar-refractivity contribution in [2.75, 3.05) is 0 Å². The lowest BCUT2D eigenvalue weighted by Crippen LogP contribution is -2.03. The molecule has 0 spiro atoms. The van der Waals surface area contributed by atoms with E-state index in [0.717, 1.165) is 16.8 Å². The number of nitriles is 1. The summed E-state index contributed by atoms with van der Waals surface area (Å²) in [6.07, 6.45) is 0. The van der Waals surface area contributed by atoms with Crippen LogP contribution in [0.2, 0.25) is 0 Å². The summed E-state index contributed by atoms with van der Waals surface area (Å²) in [7, 11) is 0. The third-order valence-electron chi connectivity index (χ3n) is 2.31. The van der Waals surface area contributed by atoms with Crippen molar-refractivity contribution >= 4 is 0 Å². The Balaban J connectivity index is 2.54. The van der Waals surface area contributed by atoms with Gasteiger partial charge in [-0.25, -0.2) is 4.68 Å². The van der Waals surface area contributed by atoms with E-state index in [9.17, 15) is 0 Å². The molecule has 2 aromatic rings. The molecular formula is C13H12N4. The first-order valence-electron chi connectivity index (χ1n) is 5.25. The lowest BCUT2D eigenvalue weighted by molar-refractivity contribution is 0.649. The quantitative estimate of drug-likeness (QED) is 0.752. The van der Waals surface area contributed by atoms with Gasteiger partial charge < -0.3 is 0 Å². The molecule has 17 heavy (non-hydrogen) atoms. The van der Waals surface area contributed by atoms with Crippen LogP contribution in [0.25, 0.3) is 11.3 Å². The van der Waals surface area contributed by atoms with E-state index in [4.69, 9.17) is 5.26 Å². The van der Waals surface area contributed by atoms with Gasteiger partial charge in [-0.3, -0.25) is 0 Å². The fourth-order valence-electron chi connectivity index (χ4n) is 1.64. The predicted molar refractivity (Wildman–Crippen MR) is 65.0 cm³/mol. The largest absolute Gasteiger partial charge is 0.239 e. The van der Waals surface area contributed by atoms with Crippen molar-refractivity contribution < 1.29 is 0 Å². The van der Waals surface area contributed by atoms with E-state index in [1.54, 1.807) is 4.68 Å². The van der Waals surface area contributed by atoms with Crippen molar-refractivity contribution in [1.82, 2.24) is 15.0 Å². The van der Waals surface area contributed by atoms with E-state index in [2.05, 4.69) is 23.0 Å². The van der Waals surface area contributed by atoms with Gasteiger partial charge in [-0.2, -0.15) is 5.26 Å².